The third kappa shape index (κ3) is 4.37. The van der Waals surface area contributed by atoms with Gasteiger partial charge in [-0.15, -0.1) is 0 Å². The van der Waals surface area contributed by atoms with Crippen LogP contribution in [-0.4, -0.2) is 30.8 Å². The average Bonchev–Trinajstić information content (AvgIpc) is 2.35. The Morgan fingerprint density at radius 2 is 2.11 bits per heavy atom. The van der Waals surface area contributed by atoms with Crippen LogP contribution in [0.25, 0.3) is 0 Å². The number of ether oxygens (including phenoxy) is 2. The lowest BCUT2D eigenvalue weighted by Gasteiger charge is -2.09. The first-order valence-corrected chi connectivity index (χ1v) is 6.06. The number of rotatable bonds is 6. The number of esters is 1. The lowest BCUT2D eigenvalue weighted by molar-refractivity contribution is -0.140. The highest BCUT2D eigenvalue weighted by Crippen LogP contribution is 2.23. The van der Waals surface area contributed by atoms with Gasteiger partial charge in [0.25, 0.3) is 0 Å². The van der Waals surface area contributed by atoms with Crippen molar-refractivity contribution in [1.82, 2.24) is 0 Å². The maximum absolute atomic E-state index is 11.0. The number of carboxylic acids is 1. The van der Waals surface area contributed by atoms with E-state index in [0.717, 1.165) is 0 Å². The van der Waals surface area contributed by atoms with Crippen LogP contribution < -0.4 is 4.74 Å². The molecule has 0 fully saturated rings. The zero-order valence-electron chi connectivity index (χ0n) is 9.81. The number of methoxy groups -OCH3 is 1. The SMILES string of the molecule is COC(=O)CCCOc1ccc(Br)cc1C(=O)O. The van der Waals surface area contributed by atoms with Crippen LogP contribution >= 0.6 is 15.9 Å². The summed E-state index contributed by atoms with van der Waals surface area (Å²) in [4.78, 5) is 21.9. The first kappa shape index (κ1) is 14.5. The highest BCUT2D eigenvalue weighted by Gasteiger charge is 2.11. The van der Waals surface area contributed by atoms with Crippen LogP contribution in [0.2, 0.25) is 0 Å². The van der Waals surface area contributed by atoms with E-state index in [-0.39, 0.29) is 30.3 Å². The predicted molar refractivity (Wildman–Crippen MR) is 67.8 cm³/mol. The van der Waals surface area contributed by atoms with Crippen LogP contribution in [0.3, 0.4) is 0 Å². The van der Waals surface area contributed by atoms with Gasteiger partial charge in [-0.05, 0) is 24.6 Å². The second-order valence-corrected chi connectivity index (χ2v) is 4.39. The minimum absolute atomic E-state index is 0.0856. The van der Waals surface area contributed by atoms with Crippen LogP contribution in [0.4, 0.5) is 0 Å². The molecule has 0 radical (unpaired) electrons. The molecule has 0 bridgehead atoms. The summed E-state index contributed by atoms with van der Waals surface area (Å²) >= 11 is 3.19. The molecule has 0 amide bonds. The number of hydrogen-bond acceptors (Lipinski definition) is 4. The van der Waals surface area contributed by atoms with Crippen molar-refractivity contribution < 1.29 is 24.2 Å². The first-order chi connectivity index (χ1) is 8.54. The Morgan fingerprint density at radius 3 is 2.72 bits per heavy atom. The summed E-state index contributed by atoms with van der Waals surface area (Å²) in [6.45, 7) is 0.261. The molecule has 0 saturated carbocycles. The van der Waals surface area contributed by atoms with E-state index in [4.69, 9.17) is 9.84 Å². The average molecular weight is 317 g/mol. The molecule has 0 unspecified atom stereocenters. The number of carbonyl (C=O) groups is 2. The lowest BCUT2D eigenvalue weighted by atomic mass is 10.2. The molecule has 98 valence electrons. The normalized spacial score (nSPS) is 9.89. The molecule has 1 N–H and O–H groups in total. The van der Waals surface area contributed by atoms with Gasteiger partial charge >= 0.3 is 11.9 Å². The van der Waals surface area contributed by atoms with E-state index in [9.17, 15) is 9.59 Å². The molecule has 0 aliphatic carbocycles. The zero-order valence-corrected chi connectivity index (χ0v) is 11.4. The Kier molecular flexibility index (Phi) is 5.64. The Balaban J connectivity index is 2.56. The molecule has 5 nitrogen and oxygen atoms in total. The zero-order chi connectivity index (χ0) is 13.5. The van der Waals surface area contributed by atoms with Gasteiger partial charge in [0.15, 0.2) is 0 Å². The number of aromatic carboxylic acids is 1. The summed E-state index contributed by atoms with van der Waals surface area (Å²) in [6.07, 6.45) is 0.719. The van der Waals surface area contributed by atoms with Gasteiger partial charge in [-0.1, -0.05) is 15.9 Å². The molecule has 0 aliphatic rings. The van der Waals surface area contributed by atoms with Gasteiger partial charge in [0.05, 0.1) is 13.7 Å². The van der Waals surface area contributed by atoms with Crippen LogP contribution in [0.1, 0.15) is 23.2 Å². The van der Waals surface area contributed by atoms with E-state index >= 15 is 0 Å². The highest BCUT2D eigenvalue weighted by molar-refractivity contribution is 9.10. The Morgan fingerprint density at radius 1 is 1.39 bits per heavy atom. The molecule has 18 heavy (non-hydrogen) atoms. The van der Waals surface area contributed by atoms with Crippen molar-refractivity contribution in [2.75, 3.05) is 13.7 Å². The summed E-state index contributed by atoms with van der Waals surface area (Å²) in [5, 5.41) is 9.00. The molecular weight excluding hydrogens is 304 g/mol. The van der Waals surface area contributed by atoms with Crippen LogP contribution in [0, 0.1) is 0 Å². The highest BCUT2D eigenvalue weighted by atomic mass is 79.9. The lowest BCUT2D eigenvalue weighted by Crippen LogP contribution is -2.07. The van der Waals surface area contributed by atoms with Gasteiger partial charge in [-0.2, -0.15) is 0 Å². The van der Waals surface area contributed by atoms with Crippen molar-refractivity contribution in [3.63, 3.8) is 0 Å². The van der Waals surface area contributed by atoms with Crippen molar-refractivity contribution in [2.45, 2.75) is 12.8 Å². The minimum atomic E-state index is -1.06. The largest absolute Gasteiger partial charge is 0.493 e. The molecule has 1 rings (SSSR count). The summed E-state index contributed by atoms with van der Waals surface area (Å²) in [6, 6.07) is 4.74. The fraction of sp³-hybridized carbons (Fsp3) is 0.333. The Hall–Kier alpha value is -1.56. The summed E-state index contributed by atoms with van der Waals surface area (Å²) in [5.74, 6) is -1.08. The van der Waals surface area contributed by atoms with Crippen LogP contribution in [0.15, 0.2) is 22.7 Å². The van der Waals surface area contributed by atoms with E-state index in [1.165, 1.54) is 13.2 Å². The molecule has 1 aromatic carbocycles. The molecule has 6 heteroatoms. The standard InChI is InChI=1S/C12H13BrO5/c1-17-11(14)3-2-6-18-10-5-4-8(13)7-9(10)12(15)16/h4-5,7H,2-3,6H2,1H3,(H,15,16). The van der Waals surface area contributed by atoms with E-state index in [1.54, 1.807) is 12.1 Å². The number of halogens is 1. The first-order valence-electron chi connectivity index (χ1n) is 5.27. The maximum Gasteiger partial charge on any atom is 0.339 e. The van der Waals surface area contributed by atoms with Crippen molar-refractivity contribution >= 4 is 27.9 Å². The topological polar surface area (TPSA) is 72.8 Å². The Bertz CT molecular complexity index is 444. The molecular formula is C12H13BrO5. The van der Waals surface area contributed by atoms with Crippen LogP contribution in [-0.2, 0) is 9.53 Å². The second kappa shape index (κ2) is 7.00. The van der Waals surface area contributed by atoms with Crippen molar-refractivity contribution in [3.05, 3.63) is 28.2 Å². The fourth-order valence-electron chi connectivity index (χ4n) is 1.30. The number of benzene rings is 1. The van der Waals surface area contributed by atoms with Gasteiger partial charge in [-0.3, -0.25) is 4.79 Å². The van der Waals surface area contributed by atoms with Crippen LogP contribution in [0.5, 0.6) is 5.75 Å². The fourth-order valence-corrected chi connectivity index (χ4v) is 1.66. The van der Waals surface area contributed by atoms with Gasteiger partial charge < -0.3 is 14.6 Å². The van der Waals surface area contributed by atoms with E-state index < -0.39 is 5.97 Å². The monoisotopic (exact) mass is 316 g/mol. The number of carbonyl (C=O) groups excluding carboxylic acids is 1. The van der Waals surface area contributed by atoms with Gasteiger partial charge in [-0.25, -0.2) is 4.79 Å². The molecule has 1 aromatic rings. The van der Waals surface area contributed by atoms with E-state index in [2.05, 4.69) is 20.7 Å². The van der Waals surface area contributed by atoms with Crippen molar-refractivity contribution in [1.29, 1.82) is 0 Å². The number of carboxylic acid groups (broad SMARTS) is 1. The predicted octanol–water partition coefficient (Wildman–Crippen LogP) is 2.48. The maximum atomic E-state index is 11.0. The minimum Gasteiger partial charge on any atom is -0.493 e. The summed E-state index contributed by atoms with van der Waals surface area (Å²) in [5.41, 5.74) is 0.0856. The second-order valence-electron chi connectivity index (χ2n) is 3.47. The third-order valence-electron chi connectivity index (χ3n) is 2.18. The summed E-state index contributed by atoms with van der Waals surface area (Å²) in [7, 11) is 1.32. The molecule has 0 atom stereocenters. The molecule has 0 spiro atoms. The van der Waals surface area contributed by atoms with Gasteiger partial charge in [0.2, 0.25) is 0 Å². The third-order valence-corrected chi connectivity index (χ3v) is 2.68. The van der Waals surface area contributed by atoms with Crippen molar-refractivity contribution in [2.24, 2.45) is 0 Å². The molecule has 0 aliphatic heterocycles. The molecule has 0 saturated heterocycles. The van der Waals surface area contributed by atoms with Crippen molar-refractivity contribution in [3.8, 4) is 5.75 Å². The van der Waals surface area contributed by atoms with Gasteiger partial charge in [0.1, 0.15) is 11.3 Å². The Labute approximate surface area is 113 Å². The number of hydrogen-bond donors (Lipinski definition) is 1. The molecule has 0 heterocycles. The van der Waals surface area contributed by atoms with E-state index in [1.807, 2.05) is 0 Å². The molecule has 0 aromatic heterocycles. The van der Waals surface area contributed by atoms with E-state index in [0.29, 0.717) is 10.9 Å². The quantitative estimate of drug-likeness (QED) is 0.644. The van der Waals surface area contributed by atoms with Gasteiger partial charge in [0, 0.05) is 10.9 Å². The smallest absolute Gasteiger partial charge is 0.339 e. The summed E-state index contributed by atoms with van der Waals surface area (Å²) < 4.78 is 10.5.